The van der Waals surface area contributed by atoms with Crippen LogP contribution in [0.25, 0.3) is 10.2 Å². The molecule has 2 heterocycles. The SMILES string of the molecule is CCOc1ccc2nc(NC(=O)CN3CCN(c4cc(OC)ccc4OC)C3=O)sc2c1. The first-order valence-electron chi connectivity index (χ1n) is 10.1. The molecule has 1 aromatic heterocycles. The van der Waals surface area contributed by atoms with Crippen LogP contribution in [-0.4, -0.2) is 62.3 Å². The van der Waals surface area contributed by atoms with Crippen LogP contribution in [0.5, 0.6) is 17.2 Å². The third kappa shape index (κ3) is 4.40. The lowest BCUT2D eigenvalue weighted by Crippen LogP contribution is -2.37. The smallest absolute Gasteiger partial charge is 0.325 e. The standard InChI is InChI=1S/C22H24N4O5S/c1-4-31-15-5-7-16-19(12-15)32-21(23-16)24-20(27)13-25-9-10-26(22(25)28)17-11-14(29-2)6-8-18(17)30-3/h5-8,11-12H,4,9-10,13H2,1-3H3,(H,23,24,27). The Morgan fingerprint density at radius 1 is 1.12 bits per heavy atom. The molecule has 32 heavy (non-hydrogen) atoms. The van der Waals surface area contributed by atoms with Gasteiger partial charge in [-0.1, -0.05) is 11.3 Å². The number of benzene rings is 2. The number of nitrogens with zero attached hydrogens (tertiary/aromatic N) is 3. The average Bonchev–Trinajstić information content (AvgIpc) is 3.35. The van der Waals surface area contributed by atoms with E-state index >= 15 is 0 Å². The monoisotopic (exact) mass is 456 g/mol. The van der Waals surface area contributed by atoms with E-state index in [9.17, 15) is 9.59 Å². The summed E-state index contributed by atoms with van der Waals surface area (Å²) in [6.45, 7) is 3.30. The number of hydrogen-bond acceptors (Lipinski definition) is 7. The highest BCUT2D eigenvalue weighted by atomic mass is 32.1. The molecule has 0 radical (unpaired) electrons. The van der Waals surface area contributed by atoms with E-state index in [2.05, 4.69) is 10.3 Å². The number of urea groups is 1. The van der Waals surface area contributed by atoms with E-state index in [4.69, 9.17) is 14.2 Å². The predicted octanol–water partition coefficient (Wildman–Crippen LogP) is 3.59. The molecule has 0 aliphatic carbocycles. The number of methoxy groups -OCH3 is 2. The van der Waals surface area contributed by atoms with E-state index in [1.54, 1.807) is 37.3 Å². The quantitative estimate of drug-likeness (QED) is 0.557. The Labute approximate surface area is 189 Å². The molecule has 4 rings (SSSR count). The largest absolute Gasteiger partial charge is 0.497 e. The molecule has 0 bridgehead atoms. The Morgan fingerprint density at radius 3 is 2.69 bits per heavy atom. The van der Waals surface area contributed by atoms with Gasteiger partial charge in [-0.05, 0) is 37.3 Å². The minimum absolute atomic E-state index is 0.0677. The van der Waals surface area contributed by atoms with Gasteiger partial charge in [0.15, 0.2) is 5.13 Å². The van der Waals surface area contributed by atoms with E-state index in [0.717, 1.165) is 16.0 Å². The topological polar surface area (TPSA) is 93.2 Å². The van der Waals surface area contributed by atoms with Crippen molar-refractivity contribution in [3.05, 3.63) is 36.4 Å². The second kappa shape index (κ2) is 9.31. The molecule has 2 aromatic carbocycles. The molecule has 1 fully saturated rings. The Bertz CT molecular complexity index is 1150. The molecule has 168 valence electrons. The number of rotatable bonds is 8. The van der Waals surface area contributed by atoms with Gasteiger partial charge in [-0.25, -0.2) is 9.78 Å². The third-order valence-electron chi connectivity index (χ3n) is 5.02. The summed E-state index contributed by atoms with van der Waals surface area (Å²) >= 11 is 1.36. The molecule has 10 heteroatoms. The van der Waals surface area contributed by atoms with Gasteiger partial charge >= 0.3 is 6.03 Å². The molecule has 9 nitrogen and oxygen atoms in total. The molecule has 0 atom stereocenters. The van der Waals surface area contributed by atoms with Gasteiger partial charge in [0.05, 0.1) is 36.7 Å². The number of fused-ring (bicyclic) bond motifs is 1. The van der Waals surface area contributed by atoms with Crippen molar-refractivity contribution in [1.29, 1.82) is 0 Å². The summed E-state index contributed by atoms with van der Waals surface area (Å²) in [6, 6.07) is 10.6. The lowest BCUT2D eigenvalue weighted by Gasteiger charge is -2.20. The Kier molecular flexibility index (Phi) is 6.31. The molecular formula is C22H24N4O5S. The first-order chi connectivity index (χ1) is 15.5. The van der Waals surface area contributed by atoms with Crippen molar-refractivity contribution in [2.45, 2.75) is 6.92 Å². The van der Waals surface area contributed by atoms with E-state index in [0.29, 0.717) is 42.0 Å². The molecule has 1 aliphatic heterocycles. The fourth-order valence-electron chi connectivity index (χ4n) is 3.51. The Balaban J connectivity index is 1.42. The summed E-state index contributed by atoms with van der Waals surface area (Å²) in [5.74, 6) is 1.64. The summed E-state index contributed by atoms with van der Waals surface area (Å²) in [5, 5.41) is 3.28. The molecular weight excluding hydrogens is 432 g/mol. The second-order valence-corrected chi connectivity index (χ2v) is 8.05. The molecule has 0 spiro atoms. The van der Waals surface area contributed by atoms with Crippen molar-refractivity contribution in [2.24, 2.45) is 0 Å². The second-order valence-electron chi connectivity index (χ2n) is 7.02. The van der Waals surface area contributed by atoms with Crippen LogP contribution in [-0.2, 0) is 4.79 Å². The van der Waals surface area contributed by atoms with Crippen LogP contribution in [0.2, 0.25) is 0 Å². The van der Waals surface area contributed by atoms with Crippen molar-refractivity contribution in [2.75, 3.05) is 50.7 Å². The maximum absolute atomic E-state index is 13.0. The minimum atomic E-state index is -0.304. The fraction of sp³-hybridized carbons (Fsp3) is 0.318. The number of anilines is 2. The normalized spacial score (nSPS) is 13.5. The van der Waals surface area contributed by atoms with Crippen LogP contribution in [0.15, 0.2) is 36.4 Å². The predicted molar refractivity (Wildman–Crippen MR) is 123 cm³/mol. The highest BCUT2D eigenvalue weighted by Crippen LogP contribution is 2.34. The Hall–Kier alpha value is -3.53. The van der Waals surface area contributed by atoms with Crippen molar-refractivity contribution in [3.63, 3.8) is 0 Å². The van der Waals surface area contributed by atoms with Crippen LogP contribution in [0.4, 0.5) is 15.6 Å². The Morgan fingerprint density at radius 2 is 1.94 bits per heavy atom. The molecule has 1 saturated heterocycles. The van der Waals surface area contributed by atoms with Crippen LogP contribution < -0.4 is 24.4 Å². The van der Waals surface area contributed by atoms with Gasteiger partial charge in [0.2, 0.25) is 5.91 Å². The summed E-state index contributed by atoms with van der Waals surface area (Å²) < 4.78 is 17.1. The van der Waals surface area contributed by atoms with Gasteiger partial charge in [0.1, 0.15) is 23.8 Å². The van der Waals surface area contributed by atoms with Crippen molar-refractivity contribution >= 4 is 44.3 Å². The van der Waals surface area contributed by atoms with Crippen molar-refractivity contribution in [1.82, 2.24) is 9.88 Å². The molecule has 0 unspecified atom stereocenters. The first-order valence-corrected chi connectivity index (χ1v) is 11.0. The third-order valence-corrected chi connectivity index (χ3v) is 5.96. The highest BCUT2D eigenvalue weighted by Gasteiger charge is 2.32. The van der Waals surface area contributed by atoms with Crippen molar-refractivity contribution < 1.29 is 23.8 Å². The van der Waals surface area contributed by atoms with Crippen molar-refractivity contribution in [3.8, 4) is 17.2 Å². The number of aromatic nitrogens is 1. The average molecular weight is 457 g/mol. The number of nitrogens with one attached hydrogen (secondary N) is 1. The number of thiazole rings is 1. The zero-order valence-electron chi connectivity index (χ0n) is 18.1. The minimum Gasteiger partial charge on any atom is -0.497 e. The van der Waals surface area contributed by atoms with Gasteiger partial charge in [0.25, 0.3) is 0 Å². The number of hydrogen-bond donors (Lipinski definition) is 1. The summed E-state index contributed by atoms with van der Waals surface area (Å²) in [4.78, 5) is 33.1. The molecule has 3 amide bonds. The van der Waals surface area contributed by atoms with E-state index < -0.39 is 0 Å². The summed E-state index contributed by atoms with van der Waals surface area (Å²) in [5.41, 5.74) is 1.39. The molecule has 3 aromatic rings. The number of carbonyl (C=O) groups is 2. The lowest BCUT2D eigenvalue weighted by molar-refractivity contribution is -0.116. The van der Waals surface area contributed by atoms with Gasteiger partial charge in [-0.15, -0.1) is 0 Å². The van der Waals surface area contributed by atoms with Gasteiger partial charge in [-0.2, -0.15) is 0 Å². The maximum atomic E-state index is 13.0. The zero-order chi connectivity index (χ0) is 22.7. The lowest BCUT2D eigenvalue weighted by atomic mass is 10.2. The van der Waals surface area contributed by atoms with Crippen LogP contribution in [0.3, 0.4) is 0 Å². The summed E-state index contributed by atoms with van der Waals surface area (Å²) in [6.07, 6.45) is 0. The van der Waals surface area contributed by atoms with E-state index in [1.807, 2.05) is 25.1 Å². The highest BCUT2D eigenvalue weighted by molar-refractivity contribution is 7.22. The number of ether oxygens (including phenoxy) is 3. The molecule has 0 saturated carbocycles. The van der Waals surface area contributed by atoms with E-state index in [-0.39, 0.29) is 18.5 Å². The maximum Gasteiger partial charge on any atom is 0.325 e. The molecule has 1 N–H and O–H groups in total. The first kappa shape index (κ1) is 21.7. The number of carbonyl (C=O) groups excluding carboxylic acids is 2. The van der Waals surface area contributed by atoms with Gasteiger partial charge in [-0.3, -0.25) is 9.69 Å². The van der Waals surface area contributed by atoms with Crippen LogP contribution in [0, 0.1) is 0 Å². The van der Waals surface area contributed by atoms with E-state index in [1.165, 1.54) is 16.2 Å². The van der Waals surface area contributed by atoms with Crippen LogP contribution >= 0.6 is 11.3 Å². The fourth-order valence-corrected chi connectivity index (χ4v) is 4.42. The summed E-state index contributed by atoms with van der Waals surface area (Å²) in [7, 11) is 3.11. The van der Waals surface area contributed by atoms with Gasteiger partial charge < -0.3 is 24.4 Å². The van der Waals surface area contributed by atoms with Crippen LogP contribution in [0.1, 0.15) is 6.92 Å². The molecule has 1 aliphatic rings. The zero-order valence-corrected chi connectivity index (χ0v) is 18.9. The number of amides is 3. The van der Waals surface area contributed by atoms with Gasteiger partial charge in [0, 0.05) is 19.2 Å².